The fourth-order valence-electron chi connectivity index (χ4n) is 3.35. The van der Waals surface area contributed by atoms with E-state index in [9.17, 15) is 31.0 Å². The lowest BCUT2D eigenvalue weighted by Gasteiger charge is -2.19. The van der Waals surface area contributed by atoms with E-state index in [2.05, 4.69) is 19.9 Å². The van der Waals surface area contributed by atoms with Gasteiger partial charge in [0.05, 0.1) is 28.3 Å². The van der Waals surface area contributed by atoms with Crippen molar-refractivity contribution >= 4 is 15.6 Å². The molecule has 0 aliphatic rings. The molecule has 0 fully saturated rings. The molecule has 0 bridgehead atoms. The normalized spacial score (nSPS) is 13.7. The van der Waals surface area contributed by atoms with Gasteiger partial charge in [0.1, 0.15) is 9.73 Å². The number of hydrogen-bond donors (Lipinski definition) is 1. The van der Waals surface area contributed by atoms with Crippen LogP contribution in [-0.4, -0.2) is 33.9 Å². The van der Waals surface area contributed by atoms with Crippen LogP contribution in [0.25, 0.3) is 0 Å². The summed E-state index contributed by atoms with van der Waals surface area (Å²) >= 11 is 0. The highest BCUT2D eigenvalue weighted by Gasteiger charge is 2.35. The number of aromatic nitrogens is 2. The first-order chi connectivity index (χ1) is 16.7. The van der Waals surface area contributed by atoms with Crippen LogP contribution >= 0.6 is 0 Å². The van der Waals surface area contributed by atoms with Crippen molar-refractivity contribution in [2.45, 2.75) is 42.8 Å². The first-order valence-corrected chi connectivity index (χ1v) is 12.1. The Labute approximate surface area is 205 Å². The molecule has 1 atom stereocenters. The Kier molecular flexibility index (Phi) is 7.49. The molecule has 1 N–H and O–H groups in total. The highest BCUT2D eigenvalue weighted by atomic mass is 32.2. The minimum absolute atomic E-state index is 0.201. The maximum absolute atomic E-state index is 14.8. The SMILES string of the molecule is CN=[S@](=O)(c1cccc(C(F)(F)F)c1)c1nnc(C)cc1C(=O)NCC(F)(F)c1ccc(C)c(C)c1. The molecule has 3 rings (SSSR count). The fraction of sp³-hybridized carbons (Fsp3) is 0.292. The van der Waals surface area contributed by atoms with Gasteiger partial charge in [0.15, 0.2) is 5.03 Å². The molecule has 0 unspecified atom stereocenters. The molecule has 12 heteroatoms. The number of alkyl halides is 5. The Balaban J connectivity index is 2.00. The molecule has 3 aromatic rings. The highest BCUT2D eigenvalue weighted by molar-refractivity contribution is 7.93. The smallest absolute Gasteiger partial charge is 0.346 e. The zero-order chi connectivity index (χ0) is 26.9. The predicted octanol–water partition coefficient (Wildman–Crippen LogP) is 5.46. The number of nitrogens with one attached hydrogen (secondary N) is 1. The number of rotatable bonds is 6. The molecule has 1 amide bonds. The van der Waals surface area contributed by atoms with Crippen molar-refractivity contribution in [1.29, 1.82) is 0 Å². The Hall–Kier alpha value is -3.41. The zero-order valence-electron chi connectivity index (χ0n) is 19.8. The summed E-state index contributed by atoms with van der Waals surface area (Å²) in [5.74, 6) is -4.48. The second-order valence-electron chi connectivity index (χ2n) is 8.12. The van der Waals surface area contributed by atoms with Crippen molar-refractivity contribution in [3.63, 3.8) is 0 Å². The van der Waals surface area contributed by atoms with Gasteiger partial charge in [0.25, 0.3) is 11.8 Å². The Morgan fingerprint density at radius 3 is 2.25 bits per heavy atom. The lowest BCUT2D eigenvalue weighted by atomic mass is 10.0. The van der Waals surface area contributed by atoms with E-state index < -0.39 is 44.9 Å². The summed E-state index contributed by atoms with van der Waals surface area (Å²) in [5, 5.41) is 9.15. The first kappa shape index (κ1) is 27.2. The second-order valence-corrected chi connectivity index (χ2v) is 10.4. The Morgan fingerprint density at radius 2 is 1.64 bits per heavy atom. The Bertz CT molecular complexity index is 1430. The van der Waals surface area contributed by atoms with Crippen LogP contribution in [0.4, 0.5) is 22.0 Å². The topological polar surface area (TPSA) is 84.3 Å². The van der Waals surface area contributed by atoms with Gasteiger partial charge in [-0.1, -0.05) is 18.2 Å². The summed E-state index contributed by atoms with van der Waals surface area (Å²) in [5.41, 5.74) is -0.0746. The van der Waals surface area contributed by atoms with Gasteiger partial charge in [-0.25, -0.2) is 8.57 Å². The molecule has 0 saturated heterocycles. The summed E-state index contributed by atoms with van der Waals surface area (Å²) in [7, 11) is -2.78. The molecule has 0 aliphatic carbocycles. The van der Waals surface area contributed by atoms with E-state index in [0.717, 1.165) is 30.8 Å². The van der Waals surface area contributed by atoms with Crippen LogP contribution in [0.1, 0.15) is 38.3 Å². The average Bonchev–Trinajstić information content (AvgIpc) is 2.83. The van der Waals surface area contributed by atoms with Gasteiger partial charge in [-0.15, -0.1) is 5.10 Å². The van der Waals surface area contributed by atoms with E-state index in [-0.39, 0.29) is 21.7 Å². The summed E-state index contributed by atoms with van der Waals surface area (Å²) in [4.78, 5) is 12.6. The van der Waals surface area contributed by atoms with Crippen LogP contribution < -0.4 is 5.32 Å². The minimum Gasteiger partial charge on any atom is -0.346 e. The fourth-order valence-corrected chi connectivity index (χ4v) is 5.11. The van der Waals surface area contributed by atoms with E-state index in [4.69, 9.17) is 0 Å². The Morgan fingerprint density at radius 1 is 0.944 bits per heavy atom. The predicted molar refractivity (Wildman–Crippen MR) is 123 cm³/mol. The molecule has 36 heavy (non-hydrogen) atoms. The van der Waals surface area contributed by atoms with Crippen molar-refractivity contribution in [3.05, 3.63) is 82.0 Å². The number of aryl methyl sites for hydroxylation is 3. The minimum atomic E-state index is -4.72. The molecule has 192 valence electrons. The van der Waals surface area contributed by atoms with Crippen LogP contribution in [0.2, 0.25) is 0 Å². The molecule has 1 aromatic heterocycles. The number of carbonyl (C=O) groups is 1. The molecular weight excluding hydrogens is 503 g/mol. The molecule has 0 aliphatic heterocycles. The van der Waals surface area contributed by atoms with Crippen molar-refractivity contribution in [1.82, 2.24) is 15.5 Å². The molecule has 2 aromatic carbocycles. The van der Waals surface area contributed by atoms with Crippen molar-refractivity contribution in [2.75, 3.05) is 13.6 Å². The third-order valence-corrected chi connectivity index (χ3v) is 7.76. The lowest BCUT2D eigenvalue weighted by molar-refractivity contribution is -0.137. The maximum atomic E-state index is 14.8. The van der Waals surface area contributed by atoms with Crippen LogP contribution in [-0.2, 0) is 21.8 Å². The largest absolute Gasteiger partial charge is 0.416 e. The van der Waals surface area contributed by atoms with Gasteiger partial charge in [0.2, 0.25) is 0 Å². The number of benzene rings is 2. The van der Waals surface area contributed by atoms with Crippen LogP contribution in [0.15, 0.2) is 62.8 Å². The van der Waals surface area contributed by atoms with Gasteiger partial charge >= 0.3 is 6.18 Å². The van der Waals surface area contributed by atoms with E-state index >= 15 is 0 Å². The molecule has 0 spiro atoms. The summed E-state index contributed by atoms with van der Waals surface area (Å²) in [6.45, 7) is 3.85. The van der Waals surface area contributed by atoms with Gasteiger partial charge in [-0.2, -0.15) is 27.1 Å². The molecule has 6 nitrogen and oxygen atoms in total. The average molecular weight is 527 g/mol. The van der Waals surface area contributed by atoms with Gasteiger partial charge in [-0.05, 0) is 62.2 Å². The molecule has 0 saturated carbocycles. The van der Waals surface area contributed by atoms with E-state index in [1.807, 2.05) is 0 Å². The summed E-state index contributed by atoms with van der Waals surface area (Å²) in [6.07, 6.45) is -4.72. The van der Waals surface area contributed by atoms with E-state index in [1.165, 1.54) is 25.1 Å². The van der Waals surface area contributed by atoms with Crippen molar-refractivity contribution in [2.24, 2.45) is 4.36 Å². The standard InChI is InChI=1S/C24H23F5N4O2S/c1-14-8-9-17(10-15(14)2)23(25,26)13-31-21(34)20-11-16(3)32-33-22(20)36(35,30-4)19-7-5-6-18(12-19)24(27,28)29/h5-12H,13H2,1-4H3,(H,31,34)/t36-/m0/s1. The highest BCUT2D eigenvalue weighted by Crippen LogP contribution is 2.33. The van der Waals surface area contributed by atoms with E-state index in [0.29, 0.717) is 11.6 Å². The monoisotopic (exact) mass is 526 g/mol. The van der Waals surface area contributed by atoms with Crippen LogP contribution in [0.5, 0.6) is 0 Å². The number of hydrogen-bond acceptors (Lipinski definition) is 5. The van der Waals surface area contributed by atoms with Gasteiger partial charge in [0, 0.05) is 12.6 Å². The number of amides is 1. The van der Waals surface area contributed by atoms with Crippen LogP contribution in [0, 0.1) is 20.8 Å². The zero-order valence-corrected chi connectivity index (χ0v) is 20.6. The third-order valence-electron chi connectivity index (χ3n) is 5.53. The number of halogens is 5. The lowest BCUT2D eigenvalue weighted by Crippen LogP contribution is -2.36. The number of nitrogens with zero attached hydrogens (tertiary/aromatic N) is 3. The van der Waals surface area contributed by atoms with Crippen molar-refractivity contribution in [3.8, 4) is 0 Å². The maximum Gasteiger partial charge on any atom is 0.416 e. The third kappa shape index (κ3) is 5.53. The van der Waals surface area contributed by atoms with Gasteiger partial charge < -0.3 is 5.32 Å². The van der Waals surface area contributed by atoms with Crippen LogP contribution in [0.3, 0.4) is 0 Å². The first-order valence-electron chi connectivity index (χ1n) is 10.6. The molecule has 0 radical (unpaired) electrons. The second kappa shape index (κ2) is 9.92. The van der Waals surface area contributed by atoms with Gasteiger partial charge in [-0.3, -0.25) is 4.79 Å². The van der Waals surface area contributed by atoms with E-state index in [1.54, 1.807) is 19.9 Å². The molecular formula is C24H23F5N4O2S. The number of carbonyl (C=O) groups excluding carboxylic acids is 1. The summed E-state index contributed by atoms with van der Waals surface area (Å²) < 4.78 is 86.9. The summed E-state index contributed by atoms with van der Waals surface area (Å²) in [6, 6.07) is 8.94. The quantitative estimate of drug-likeness (QED) is 0.433. The molecule has 1 heterocycles. The van der Waals surface area contributed by atoms with Crippen molar-refractivity contribution < 1.29 is 31.0 Å².